The van der Waals surface area contributed by atoms with Gasteiger partial charge in [0.15, 0.2) is 0 Å². The lowest BCUT2D eigenvalue weighted by molar-refractivity contribution is 0.0706. The van der Waals surface area contributed by atoms with Crippen molar-refractivity contribution < 1.29 is 10.0 Å². The highest BCUT2D eigenvalue weighted by Gasteiger charge is 2.23. The lowest BCUT2D eigenvalue weighted by atomic mass is 10.1. The van der Waals surface area contributed by atoms with Crippen molar-refractivity contribution in [3.05, 3.63) is 77.9 Å². The van der Waals surface area contributed by atoms with E-state index in [2.05, 4.69) is 53.6 Å². The Bertz CT molecular complexity index is 990. The molecule has 1 heterocycles. The normalized spacial score (nSPS) is 12.3. The largest absolute Gasteiger partial charge is 0.335 e. The Morgan fingerprint density at radius 1 is 1.04 bits per heavy atom. The number of nitrogens with zero attached hydrogens (tertiary/aromatic N) is 1. The third-order valence-electron chi connectivity index (χ3n) is 4.49. The lowest BCUT2D eigenvalue weighted by Crippen LogP contribution is -2.21. The molecule has 136 valence electrons. The number of thioether (sulfide) groups is 1. The molecule has 4 nitrogen and oxygen atoms in total. The zero-order valence-corrected chi connectivity index (χ0v) is 16.3. The number of anilines is 2. The van der Waals surface area contributed by atoms with Gasteiger partial charge in [0.05, 0.1) is 11.4 Å². The van der Waals surface area contributed by atoms with Crippen LogP contribution in [0.5, 0.6) is 0 Å². The van der Waals surface area contributed by atoms with Crippen LogP contribution in [-0.4, -0.2) is 17.4 Å². The van der Waals surface area contributed by atoms with Crippen molar-refractivity contribution in [1.29, 1.82) is 0 Å². The number of rotatable bonds is 4. The van der Waals surface area contributed by atoms with Gasteiger partial charge in [0.2, 0.25) is 0 Å². The maximum Gasteiger partial charge on any atom is 0.274 e. The minimum atomic E-state index is -0.503. The van der Waals surface area contributed by atoms with Gasteiger partial charge in [-0.3, -0.25) is 10.0 Å². The third-order valence-corrected chi connectivity index (χ3v) is 6.35. The van der Waals surface area contributed by atoms with Crippen LogP contribution >= 0.6 is 23.5 Å². The van der Waals surface area contributed by atoms with Crippen molar-refractivity contribution in [2.75, 3.05) is 11.2 Å². The van der Waals surface area contributed by atoms with E-state index in [0.29, 0.717) is 12.1 Å². The number of para-hydroxylation sites is 1. The second-order valence-corrected chi connectivity index (χ2v) is 8.09. The molecule has 1 aliphatic heterocycles. The molecule has 0 unspecified atom stereocenters. The molecule has 1 amide bonds. The molecule has 0 bridgehead atoms. The monoisotopic (exact) mass is 394 g/mol. The van der Waals surface area contributed by atoms with E-state index < -0.39 is 5.91 Å². The molecule has 6 heteroatoms. The molecule has 0 aromatic heterocycles. The van der Waals surface area contributed by atoms with Gasteiger partial charge >= 0.3 is 0 Å². The molecule has 0 radical (unpaired) electrons. The van der Waals surface area contributed by atoms with E-state index in [1.165, 1.54) is 26.1 Å². The van der Waals surface area contributed by atoms with E-state index in [1.807, 2.05) is 12.1 Å². The highest BCUT2D eigenvalue weighted by atomic mass is 32.2. The fraction of sp³-hybridized carbons (Fsp3) is 0.0952. The van der Waals surface area contributed by atoms with Crippen LogP contribution in [0.4, 0.5) is 11.4 Å². The average molecular weight is 395 g/mol. The number of amides is 1. The predicted octanol–water partition coefficient (Wildman–Crippen LogP) is 5.33. The minimum Gasteiger partial charge on any atom is -0.335 e. The Morgan fingerprint density at radius 3 is 2.52 bits per heavy atom. The fourth-order valence-corrected chi connectivity index (χ4v) is 4.62. The van der Waals surface area contributed by atoms with Gasteiger partial charge in [-0.05, 0) is 54.3 Å². The summed E-state index contributed by atoms with van der Waals surface area (Å²) in [6.07, 6.45) is 2.08. The van der Waals surface area contributed by atoms with Gasteiger partial charge in [-0.2, -0.15) is 0 Å². The Hall–Kier alpha value is -2.41. The van der Waals surface area contributed by atoms with Crippen molar-refractivity contribution >= 4 is 40.8 Å². The number of benzene rings is 3. The second-order valence-electron chi connectivity index (χ2n) is 6.13. The summed E-state index contributed by atoms with van der Waals surface area (Å²) < 4.78 is 0. The van der Waals surface area contributed by atoms with Crippen LogP contribution < -0.4 is 10.4 Å². The molecule has 4 rings (SSSR count). The number of carbonyl (C=O) groups is 1. The first-order chi connectivity index (χ1) is 13.2. The van der Waals surface area contributed by atoms with E-state index in [-0.39, 0.29) is 0 Å². The standard InChI is InChI=1S/C21H18N2O2S2/c1-26-16-10-11-20-18(12-16)23(17-4-2-3-5-19(17)27-20)13-14-6-8-15(9-7-14)21(24)22-25/h2-12,25H,13H2,1H3,(H,22,24). The average Bonchev–Trinajstić information content (AvgIpc) is 2.73. The summed E-state index contributed by atoms with van der Waals surface area (Å²) in [5, 5.41) is 8.77. The molecular formula is C21H18N2O2S2. The molecule has 0 atom stereocenters. The quantitative estimate of drug-likeness (QED) is 0.356. The van der Waals surface area contributed by atoms with Crippen LogP contribution in [0.25, 0.3) is 0 Å². The molecule has 0 saturated carbocycles. The lowest BCUT2D eigenvalue weighted by Gasteiger charge is -2.33. The fourth-order valence-electron chi connectivity index (χ4n) is 3.12. The van der Waals surface area contributed by atoms with Crippen LogP contribution in [0.2, 0.25) is 0 Å². The Balaban J connectivity index is 1.72. The van der Waals surface area contributed by atoms with Crippen LogP contribution in [0, 0.1) is 0 Å². The summed E-state index contributed by atoms with van der Waals surface area (Å²) in [6, 6.07) is 22.3. The number of hydroxylamine groups is 1. The van der Waals surface area contributed by atoms with Crippen LogP contribution in [0.1, 0.15) is 15.9 Å². The Labute approximate surface area is 166 Å². The van der Waals surface area contributed by atoms with E-state index in [4.69, 9.17) is 5.21 Å². The van der Waals surface area contributed by atoms with E-state index >= 15 is 0 Å². The molecule has 3 aromatic carbocycles. The van der Waals surface area contributed by atoms with Gasteiger partial charge in [0.1, 0.15) is 0 Å². The third kappa shape index (κ3) is 3.56. The number of carbonyl (C=O) groups excluding carboxylic acids is 1. The van der Waals surface area contributed by atoms with Gasteiger partial charge in [0, 0.05) is 26.8 Å². The molecule has 0 fully saturated rings. The van der Waals surface area contributed by atoms with Crippen LogP contribution in [0.15, 0.2) is 81.4 Å². The number of fused-ring (bicyclic) bond motifs is 2. The molecule has 0 saturated heterocycles. The predicted molar refractivity (Wildman–Crippen MR) is 110 cm³/mol. The van der Waals surface area contributed by atoms with E-state index in [0.717, 1.165) is 5.56 Å². The van der Waals surface area contributed by atoms with Crippen molar-refractivity contribution in [2.24, 2.45) is 0 Å². The zero-order chi connectivity index (χ0) is 18.8. The molecule has 0 spiro atoms. The summed E-state index contributed by atoms with van der Waals surface area (Å²) in [5.41, 5.74) is 5.57. The van der Waals surface area contributed by atoms with Gasteiger partial charge in [-0.25, -0.2) is 5.48 Å². The van der Waals surface area contributed by atoms with E-state index in [1.54, 1.807) is 41.1 Å². The first kappa shape index (κ1) is 18.0. The Morgan fingerprint density at radius 2 is 1.78 bits per heavy atom. The zero-order valence-electron chi connectivity index (χ0n) is 14.7. The SMILES string of the molecule is CSc1ccc2c(c1)N(Cc1ccc(C(=O)NO)cc1)c1ccccc1S2. The summed E-state index contributed by atoms with van der Waals surface area (Å²) >= 11 is 3.53. The van der Waals surface area contributed by atoms with Gasteiger partial charge < -0.3 is 4.90 Å². The van der Waals surface area contributed by atoms with Crippen LogP contribution in [0.3, 0.4) is 0 Å². The van der Waals surface area contributed by atoms with Crippen LogP contribution in [-0.2, 0) is 6.54 Å². The summed E-state index contributed by atoms with van der Waals surface area (Å²) in [4.78, 5) is 17.6. The first-order valence-electron chi connectivity index (χ1n) is 8.45. The van der Waals surface area contributed by atoms with Gasteiger partial charge in [-0.1, -0.05) is 36.0 Å². The molecule has 27 heavy (non-hydrogen) atoms. The summed E-state index contributed by atoms with van der Waals surface area (Å²) in [7, 11) is 0. The number of hydrogen-bond acceptors (Lipinski definition) is 5. The molecule has 3 aromatic rings. The van der Waals surface area contributed by atoms with Crippen molar-refractivity contribution in [2.45, 2.75) is 21.2 Å². The molecule has 2 N–H and O–H groups in total. The molecular weight excluding hydrogens is 376 g/mol. The van der Waals surface area contributed by atoms with Gasteiger partial charge in [-0.15, -0.1) is 11.8 Å². The highest BCUT2D eigenvalue weighted by molar-refractivity contribution is 8.00. The van der Waals surface area contributed by atoms with E-state index in [9.17, 15) is 4.79 Å². The Kier molecular flexibility index (Phi) is 5.11. The minimum absolute atomic E-state index is 0.431. The number of hydrogen-bond donors (Lipinski definition) is 2. The molecule has 0 aliphatic carbocycles. The summed E-state index contributed by atoms with van der Waals surface area (Å²) in [6.45, 7) is 0.698. The molecule has 1 aliphatic rings. The van der Waals surface area contributed by atoms with Crippen molar-refractivity contribution in [1.82, 2.24) is 5.48 Å². The van der Waals surface area contributed by atoms with Crippen molar-refractivity contribution in [3.8, 4) is 0 Å². The highest BCUT2D eigenvalue weighted by Crippen LogP contribution is 2.49. The number of nitrogens with one attached hydrogen (secondary N) is 1. The smallest absolute Gasteiger partial charge is 0.274 e. The maximum absolute atomic E-state index is 11.5. The topological polar surface area (TPSA) is 52.6 Å². The maximum atomic E-state index is 11.5. The van der Waals surface area contributed by atoms with Crippen molar-refractivity contribution in [3.63, 3.8) is 0 Å². The first-order valence-corrected chi connectivity index (χ1v) is 10.5. The summed E-state index contributed by atoms with van der Waals surface area (Å²) in [5.74, 6) is -0.503. The van der Waals surface area contributed by atoms with Gasteiger partial charge in [0.25, 0.3) is 5.91 Å². The second kappa shape index (κ2) is 7.68.